The van der Waals surface area contributed by atoms with Gasteiger partial charge in [-0.2, -0.15) is 0 Å². The van der Waals surface area contributed by atoms with E-state index in [1.165, 1.54) is 11.3 Å². The van der Waals surface area contributed by atoms with Crippen LogP contribution in [0, 0.1) is 0 Å². The van der Waals surface area contributed by atoms with Crippen molar-refractivity contribution >= 4 is 34.4 Å². The minimum absolute atomic E-state index is 0.00487. The van der Waals surface area contributed by atoms with Crippen molar-refractivity contribution in [2.24, 2.45) is 0 Å². The maximum atomic E-state index is 11.5. The third kappa shape index (κ3) is 4.61. The molecule has 3 amide bonds. The van der Waals surface area contributed by atoms with Gasteiger partial charge in [0.25, 0.3) is 0 Å². The molecule has 1 aromatic rings. The molecule has 0 saturated heterocycles. The second kappa shape index (κ2) is 6.47. The quantitative estimate of drug-likeness (QED) is 0.743. The predicted molar refractivity (Wildman–Crippen MR) is 72.7 cm³/mol. The van der Waals surface area contributed by atoms with Crippen molar-refractivity contribution < 1.29 is 19.5 Å². The van der Waals surface area contributed by atoms with E-state index in [-0.39, 0.29) is 19.3 Å². The largest absolute Gasteiger partial charge is 0.481 e. The highest BCUT2D eigenvalue weighted by Crippen LogP contribution is 2.40. The van der Waals surface area contributed by atoms with E-state index >= 15 is 0 Å². The number of hydrogen-bond acceptors (Lipinski definition) is 5. The Bertz CT molecular complexity index is 525. The van der Waals surface area contributed by atoms with E-state index in [0.29, 0.717) is 11.0 Å². The number of nitrogens with zero attached hydrogens (tertiary/aromatic N) is 1. The SMILES string of the molecule is O=C(O)CCCC(=O)NC(=O)Nc1nc(C2CC2)cs1. The number of hydrogen-bond donors (Lipinski definition) is 3. The summed E-state index contributed by atoms with van der Waals surface area (Å²) in [6.45, 7) is 0. The van der Waals surface area contributed by atoms with Gasteiger partial charge in [-0.1, -0.05) is 0 Å². The van der Waals surface area contributed by atoms with E-state index in [0.717, 1.165) is 18.5 Å². The molecule has 1 aliphatic rings. The third-order valence-electron chi connectivity index (χ3n) is 2.79. The fraction of sp³-hybridized carbons (Fsp3) is 0.500. The fourth-order valence-electron chi connectivity index (χ4n) is 1.63. The summed E-state index contributed by atoms with van der Waals surface area (Å²) in [6, 6.07) is -0.637. The van der Waals surface area contributed by atoms with Crippen LogP contribution >= 0.6 is 11.3 Å². The van der Waals surface area contributed by atoms with Gasteiger partial charge < -0.3 is 5.11 Å². The predicted octanol–water partition coefficient (Wildman–Crippen LogP) is 1.92. The Balaban J connectivity index is 1.70. The molecule has 1 aliphatic carbocycles. The number of carbonyl (C=O) groups excluding carboxylic acids is 2. The molecular formula is C12H15N3O4S. The number of carbonyl (C=O) groups is 3. The average molecular weight is 297 g/mol. The van der Waals surface area contributed by atoms with Crippen LogP contribution in [0.3, 0.4) is 0 Å². The number of amides is 3. The zero-order valence-electron chi connectivity index (χ0n) is 10.7. The molecule has 0 aliphatic heterocycles. The molecule has 3 N–H and O–H groups in total. The van der Waals surface area contributed by atoms with Crippen LogP contribution in [-0.4, -0.2) is 28.0 Å². The first-order valence-electron chi connectivity index (χ1n) is 6.32. The van der Waals surface area contributed by atoms with E-state index in [4.69, 9.17) is 5.11 Å². The van der Waals surface area contributed by atoms with Gasteiger partial charge in [0, 0.05) is 24.1 Å². The van der Waals surface area contributed by atoms with Crippen molar-refractivity contribution in [2.75, 3.05) is 5.32 Å². The average Bonchev–Trinajstić information content (AvgIpc) is 3.10. The van der Waals surface area contributed by atoms with Gasteiger partial charge >= 0.3 is 12.0 Å². The lowest BCUT2D eigenvalue weighted by molar-refractivity contribution is -0.137. The number of rotatable bonds is 6. The van der Waals surface area contributed by atoms with Crippen LogP contribution in [0.4, 0.5) is 9.93 Å². The van der Waals surface area contributed by atoms with Crippen molar-refractivity contribution in [1.82, 2.24) is 10.3 Å². The Morgan fingerprint density at radius 2 is 2.10 bits per heavy atom. The molecule has 1 heterocycles. The van der Waals surface area contributed by atoms with Gasteiger partial charge in [0.15, 0.2) is 5.13 Å². The Hall–Kier alpha value is -1.96. The van der Waals surface area contributed by atoms with Gasteiger partial charge in [-0.05, 0) is 19.3 Å². The lowest BCUT2D eigenvalue weighted by atomic mass is 10.2. The number of urea groups is 1. The number of thiazole rings is 1. The van der Waals surface area contributed by atoms with Crippen molar-refractivity contribution in [3.8, 4) is 0 Å². The van der Waals surface area contributed by atoms with E-state index in [9.17, 15) is 14.4 Å². The van der Waals surface area contributed by atoms with E-state index in [1.54, 1.807) is 0 Å². The van der Waals surface area contributed by atoms with Gasteiger partial charge in [-0.25, -0.2) is 9.78 Å². The summed E-state index contributed by atoms with van der Waals surface area (Å²) in [6.07, 6.45) is 2.39. The Labute approximate surface area is 119 Å². The van der Waals surface area contributed by atoms with Crippen LogP contribution in [-0.2, 0) is 9.59 Å². The van der Waals surface area contributed by atoms with Crippen LogP contribution < -0.4 is 10.6 Å². The zero-order chi connectivity index (χ0) is 14.5. The van der Waals surface area contributed by atoms with Gasteiger partial charge in [-0.15, -0.1) is 11.3 Å². The zero-order valence-corrected chi connectivity index (χ0v) is 11.5. The summed E-state index contributed by atoms with van der Waals surface area (Å²) in [5.41, 5.74) is 0.984. The standard InChI is InChI=1S/C12H15N3O4S/c16-9(2-1-3-10(17)18)14-11(19)15-12-13-8(6-20-12)7-4-5-7/h6-7H,1-5H2,(H,17,18)(H2,13,14,15,16,19). The molecule has 1 aromatic heterocycles. The summed E-state index contributed by atoms with van der Waals surface area (Å²) in [4.78, 5) is 37.4. The monoisotopic (exact) mass is 297 g/mol. The molecule has 1 saturated carbocycles. The normalized spacial score (nSPS) is 13.8. The topological polar surface area (TPSA) is 108 Å². The fourth-order valence-corrected chi connectivity index (χ4v) is 2.42. The lowest BCUT2D eigenvalue weighted by Gasteiger charge is -2.03. The lowest BCUT2D eigenvalue weighted by Crippen LogP contribution is -2.34. The van der Waals surface area contributed by atoms with E-state index < -0.39 is 17.9 Å². The molecule has 2 rings (SSSR count). The van der Waals surface area contributed by atoms with Crippen molar-refractivity contribution in [3.05, 3.63) is 11.1 Å². The number of imide groups is 1. The Kier molecular flexibility index (Phi) is 4.67. The first-order chi connectivity index (χ1) is 9.54. The number of carboxylic acids is 1. The van der Waals surface area contributed by atoms with E-state index in [2.05, 4.69) is 15.6 Å². The molecule has 0 aromatic carbocycles. The van der Waals surface area contributed by atoms with Crippen LogP contribution in [0.2, 0.25) is 0 Å². The summed E-state index contributed by atoms with van der Waals surface area (Å²) >= 11 is 1.32. The van der Waals surface area contributed by atoms with Gasteiger partial charge in [-0.3, -0.25) is 20.2 Å². The summed E-state index contributed by atoms with van der Waals surface area (Å²) in [5, 5.41) is 15.4. The first-order valence-corrected chi connectivity index (χ1v) is 7.20. The number of aliphatic carboxylic acids is 1. The molecule has 7 nitrogen and oxygen atoms in total. The molecule has 0 spiro atoms. The molecule has 0 unspecified atom stereocenters. The smallest absolute Gasteiger partial charge is 0.327 e. The van der Waals surface area contributed by atoms with Crippen LogP contribution in [0.15, 0.2) is 5.38 Å². The number of anilines is 1. The summed E-state index contributed by atoms with van der Waals surface area (Å²) in [7, 11) is 0. The van der Waals surface area contributed by atoms with Gasteiger partial charge in [0.2, 0.25) is 5.91 Å². The maximum Gasteiger partial charge on any atom is 0.327 e. The van der Waals surface area contributed by atoms with Crippen LogP contribution in [0.5, 0.6) is 0 Å². The molecule has 8 heteroatoms. The van der Waals surface area contributed by atoms with Crippen molar-refractivity contribution in [2.45, 2.75) is 38.0 Å². The minimum atomic E-state index is -0.961. The number of carboxylic acid groups (broad SMARTS) is 1. The Morgan fingerprint density at radius 1 is 1.35 bits per heavy atom. The van der Waals surface area contributed by atoms with Gasteiger partial charge in [0.05, 0.1) is 5.69 Å². The number of aromatic nitrogens is 1. The second-order valence-electron chi connectivity index (χ2n) is 4.60. The molecular weight excluding hydrogens is 282 g/mol. The van der Waals surface area contributed by atoms with Crippen LogP contribution in [0.1, 0.15) is 43.7 Å². The third-order valence-corrected chi connectivity index (χ3v) is 3.56. The Morgan fingerprint density at radius 3 is 2.75 bits per heavy atom. The first kappa shape index (κ1) is 14.4. The minimum Gasteiger partial charge on any atom is -0.481 e. The van der Waals surface area contributed by atoms with Crippen molar-refractivity contribution in [3.63, 3.8) is 0 Å². The molecule has 20 heavy (non-hydrogen) atoms. The van der Waals surface area contributed by atoms with Crippen LogP contribution in [0.25, 0.3) is 0 Å². The molecule has 0 atom stereocenters. The molecule has 0 radical (unpaired) electrons. The molecule has 108 valence electrons. The number of nitrogens with one attached hydrogen (secondary N) is 2. The summed E-state index contributed by atoms with van der Waals surface area (Å²) in [5.74, 6) is -0.942. The van der Waals surface area contributed by atoms with Gasteiger partial charge in [0.1, 0.15) is 0 Å². The van der Waals surface area contributed by atoms with Crippen molar-refractivity contribution in [1.29, 1.82) is 0 Å². The highest BCUT2D eigenvalue weighted by Gasteiger charge is 2.26. The molecule has 1 fully saturated rings. The second-order valence-corrected chi connectivity index (χ2v) is 5.46. The maximum absolute atomic E-state index is 11.5. The van der Waals surface area contributed by atoms with E-state index in [1.807, 2.05) is 5.38 Å². The highest BCUT2D eigenvalue weighted by atomic mass is 32.1. The molecule has 0 bridgehead atoms. The highest BCUT2D eigenvalue weighted by molar-refractivity contribution is 7.13. The summed E-state index contributed by atoms with van der Waals surface area (Å²) < 4.78 is 0.